The molecule has 2 N–H and O–H groups in total. The van der Waals surface area contributed by atoms with E-state index in [-0.39, 0.29) is 11.6 Å². The van der Waals surface area contributed by atoms with Gasteiger partial charge in [-0.1, -0.05) is 0 Å². The van der Waals surface area contributed by atoms with Gasteiger partial charge in [-0.05, 0) is 75.5 Å². The van der Waals surface area contributed by atoms with E-state index < -0.39 is 0 Å². The molecule has 4 saturated carbocycles. The van der Waals surface area contributed by atoms with Crippen LogP contribution < -0.4 is 10.6 Å². The van der Waals surface area contributed by atoms with Crippen LogP contribution in [-0.4, -0.2) is 69.1 Å². The lowest BCUT2D eigenvalue weighted by atomic mass is 9.53. The molecule has 1 heterocycles. The van der Waals surface area contributed by atoms with Gasteiger partial charge in [0, 0.05) is 38.3 Å². The summed E-state index contributed by atoms with van der Waals surface area (Å²) in [7, 11) is 0. The smallest absolute Gasteiger partial charge is 0.315 e. The fraction of sp³-hybridized carbons (Fsp3) is 0.955. The quantitative estimate of drug-likeness (QED) is 0.560. The van der Waals surface area contributed by atoms with Crippen molar-refractivity contribution in [3.8, 4) is 0 Å². The van der Waals surface area contributed by atoms with Gasteiger partial charge >= 0.3 is 6.03 Å². The van der Waals surface area contributed by atoms with E-state index in [2.05, 4.69) is 15.5 Å². The Labute approximate surface area is 170 Å². The summed E-state index contributed by atoms with van der Waals surface area (Å²) in [6.07, 6.45) is 11.1. The van der Waals surface area contributed by atoms with Crippen LogP contribution in [0.3, 0.4) is 0 Å². The van der Waals surface area contributed by atoms with Crippen molar-refractivity contribution in [1.82, 2.24) is 15.5 Å². The van der Waals surface area contributed by atoms with Gasteiger partial charge in [-0.3, -0.25) is 4.90 Å². The molecule has 5 rings (SSSR count). The highest BCUT2D eigenvalue weighted by atomic mass is 16.5. The summed E-state index contributed by atoms with van der Waals surface area (Å²) in [5.74, 6) is 2.61. The average molecular weight is 394 g/mol. The van der Waals surface area contributed by atoms with E-state index >= 15 is 0 Å². The first kappa shape index (κ1) is 20.4. The number of nitrogens with zero attached hydrogens (tertiary/aromatic N) is 1. The van der Waals surface area contributed by atoms with Gasteiger partial charge in [-0.15, -0.1) is 0 Å². The van der Waals surface area contributed by atoms with E-state index in [1.165, 1.54) is 38.5 Å². The summed E-state index contributed by atoms with van der Waals surface area (Å²) >= 11 is 0. The number of urea groups is 1. The molecule has 28 heavy (non-hydrogen) atoms. The highest BCUT2D eigenvalue weighted by Gasteiger charge is 2.51. The van der Waals surface area contributed by atoms with Crippen LogP contribution in [0.5, 0.6) is 0 Å². The molecule has 5 aliphatic rings. The SMILES string of the molecule is O=C(NCCCCCOCCN1CCOCC1)NC12CC3CC(CC(C3)C1)C2. The maximum Gasteiger partial charge on any atom is 0.315 e. The number of hydrogen-bond donors (Lipinski definition) is 2. The van der Waals surface area contributed by atoms with Gasteiger partial charge in [0.05, 0.1) is 19.8 Å². The molecule has 160 valence electrons. The van der Waals surface area contributed by atoms with Crippen molar-refractivity contribution < 1.29 is 14.3 Å². The molecule has 4 aliphatic carbocycles. The normalized spacial score (nSPS) is 34.5. The zero-order chi connectivity index (χ0) is 19.2. The number of nitrogens with one attached hydrogen (secondary N) is 2. The molecule has 0 radical (unpaired) electrons. The van der Waals surface area contributed by atoms with Crippen LogP contribution in [0.2, 0.25) is 0 Å². The van der Waals surface area contributed by atoms with Crippen LogP contribution >= 0.6 is 0 Å². The third-order valence-corrected chi connectivity index (χ3v) is 7.32. The van der Waals surface area contributed by atoms with Gasteiger partial charge in [0.1, 0.15) is 0 Å². The zero-order valence-electron chi connectivity index (χ0n) is 17.4. The van der Waals surface area contributed by atoms with Gasteiger partial charge in [0.15, 0.2) is 0 Å². The minimum absolute atomic E-state index is 0.0590. The number of morpholine rings is 1. The number of amides is 2. The van der Waals surface area contributed by atoms with Crippen molar-refractivity contribution in [2.75, 3.05) is 52.6 Å². The Kier molecular flexibility index (Phi) is 7.13. The highest BCUT2D eigenvalue weighted by molar-refractivity contribution is 5.74. The van der Waals surface area contributed by atoms with E-state index in [0.717, 1.165) is 89.6 Å². The molecule has 6 heteroatoms. The third kappa shape index (κ3) is 5.61. The summed E-state index contributed by atoms with van der Waals surface area (Å²) in [6.45, 7) is 7.17. The van der Waals surface area contributed by atoms with E-state index in [0.29, 0.717) is 0 Å². The average Bonchev–Trinajstić information content (AvgIpc) is 2.66. The lowest BCUT2D eigenvalue weighted by molar-refractivity contribution is -0.0135. The first-order chi connectivity index (χ1) is 13.7. The van der Waals surface area contributed by atoms with Gasteiger partial charge in [0.2, 0.25) is 0 Å². The molecule has 1 saturated heterocycles. The fourth-order valence-corrected chi connectivity index (χ4v) is 6.38. The number of carbonyl (C=O) groups is 1. The van der Waals surface area contributed by atoms with Gasteiger partial charge < -0.3 is 20.1 Å². The molecule has 5 fully saturated rings. The predicted octanol–water partition coefficient (Wildman–Crippen LogP) is 2.77. The molecule has 0 atom stereocenters. The van der Waals surface area contributed by atoms with Crippen LogP contribution in [0.4, 0.5) is 4.79 Å². The van der Waals surface area contributed by atoms with Gasteiger partial charge in [-0.25, -0.2) is 4.79 Å². The van der Waals surface area contributed by atoms with Crippen LogP contribution in [0.15, 0.2) is 0 Å². The van der Waals surface area contributed by atoms with Crippen molar-refractivity contribution in [3.05, 3.63) is 0 Å². The topological polar surface area (TPSA) is 62.8 Å². The fourth-order valence-electron chi connectivity index (χ4n) is 6.38. The lowest BCUT2D eigenvalue weighted by Crippen LogP contribution is -2.61. The summed E-state index contributed by atoms with van der Waals surface area (Å²) in [5, 5.41) is 6.48. The molecule has 0 unspecified atom stereocenters. The Morgan fingerprint density at radius 3 is 2.32 bits per heavy atom. The van der Waals surface area contributed by atoms with E-state index in [1.54, 1.807) is 0 Å². The number of rotatable bonds is 10. The molecule has 1 aliphatic heterocycles. The Balaban J connectivity index is 1.00. The van der Waals surface area contributed by atoms with Crippen LogP contribution in [-0.2, 0) is 9.47 Å². The Morgan fingerprint density at radius 2 is 1.64 bits per heavy atom. The van der Waals surface area contributed by atoms with Gasteiger partial charge in [-0.2, -0.15) is 0 Å². The summed E-state index contributed by atoms with van der Waals surface area (Å²) in [5.41, 5.74) is 0.118. The number of hydrogen-bond acceptors (Lipinski definition) is 4. The second-order valence-corrected chi connectivity index (χ2v) is 9.71. The largest absolute Gasteiger partial charge is 0.380 e. The molecule has 0 aromatic carbocycles. The van der Waals surface area contributed by atoms with E-state index in [1.807, 2.05) is 0 Å². The van der Waals surface area contributed by atoms with Crippen molar-refractivity contribution in [2.45, 2.75) is 63.3 Å². The molecule has 2 amide bonds. The number of carbonyl (C=O) groups excluding carboxylic acids is 1. The first-order valence-corrected chi connectivity index (χ1v) is 11.6. The van der Waals surface area contributed by atoms with Crippen molar-refractivity contribution in [2.24, 2.45) is 17.8 Å². The predicted molar refractivity (Wildman–Crippen MR) is 109 cm³/mol. The maximum atomic E-state index is 12.4. The second-order valence-electron chi connectivity index (χ2n) is 9.71. The molecule has 0 aromatic rings. The summed E-state index contributed by atoms with van der Waals surface area (Å²) in [4.78, 5) is 14.8. The minimum atomic E-state index is 0.0590. The zero-order valence-corrected chi connectivity index (χ0v) is 17.4. The Hall–Kier alpha value is -0.850. The maximum absolute atomic E-state index is 12.4. The van der Waals surface area contributed by atoms with E-state index in [4.69, 9.17) is 9.47 Å². The second kappa shape index (κ2) is 9.77. The Morgan fingerprint density at radius 1 is 0.964 bits per heavy atom. The molecule has 0 spiro atoms. The Bertz CT molecular complexity index is 472. The van der Waals surface area contributed by atoms with Crippen molar-refractivity contribution in [1.29, 1.82) is 0 Å². The van der Waals surface area contributed by atoms with Gasteiger partial charge in [0.25, 0.3) is 0 Å². The highest BCUT2D eigenvalue weighted by Crippen LogP contribution is 2.55. The van der Waals surface area contributed by atoms with Crippen LogP contribution in [0, 0.1) is 17.8 Å². The van der Waals surface area contributed by atoms with Crippen LogP contribution in [0.1, 0.15) is 57.8 Å². The number of ether oxygens (including phenoxy) is 2. The van der Waals surface area contributed by atoms with Crippen molar-refractivity contribution >= 4 is 6.03 Å². The lowest BCUT2D eigenvalue weighted by Gasteiger charge is -2.56. The van der Waals surface area contributed by atoms with Crippen LogP contribution in [0.25, 0.3) is 0 Å². The third-order valence-electron chi connectivity index (χ3n) is 7.32. The number of unbranched alkanes of at least 4 members (excludes halogenated alkanes) is 2. The molecule has 0 aromatic heterocycles. The molecular formula is C22H39N3O3. The van der Waals surface area contributed by atoms with Crippen molar-refractivity contribution in [3.63, 3.8) is 0 Å². The monoisotopic (exact) mass is 393 g/mol. The molecule has 6 nitrogen and oxygen atoms in total. The molecular weight excluding hydrogens is 354 g/mol. The van der Waals surface area contributed by atoms with E-state index in [9.17, 15) is 4.79 Å². The minimum Gasteiger partial charge on any atom is -0.380 e. The summed E-state index contributed by atoms with van der Waals surface area (Å²) in [6, 6.07) is 0.0590. The standard InChI is InChI=1S/C22H39N3O3/c26-21(24-22-15-18-12-19(16-22)14-20(13-18)17-22)23-4-2-1-3-8-27-9-5-25-6-10-28-11-7-25/h18-20H,1-17H2,(H2,23,24,26). The first-order valence-electron chi connectivity index (χ1n) is 11.6. The summed E-state index contributed by atoms with van der Waals surface area (Å²) < 4.78 is 11.1. The molecule has 4 bridgehead atoms.